The molecule has 3 aliphatic rings. The molecule has 1 amide bonds. The van der Waals surface area contributed by atoms with Crippen LogP contribution in [0.5, 0.6) is 0 Å². The highest BCUT2D eigenvalue weighted by molar-refractivity contribution is 7.90. The summed E-state index contributed by atoms with van der Waals surface area (Å²) in [6.07, 6.45) is 8.03. The van der Waals surface area contributed by atoms with Crippen LogP contribution in [-0.2, 0) is 14.8 Å². The summed E-state index contributed by atoms with van der Waals surface area (Å²) in [6.45, 7) is 2.52. The lowest BCUT2D eigenvalue weighted by Gasteiger charge is -2.28. The van der Waals surface area contributed by atoms with Gasteiger partial charge in [0.05, 0.1) is 11.3 Å². The van der Waals surface area contributed by atoms with E-state index in [0.29, 0.717) is 18.7 Å². The quantitative estimate of drug-likeness (QED) is 0.685. The second-order valence-electron chi connectivity index (χ2n) is 5.32. The Bertz CT molecular complexity index is 704. The molecule has 3 heterocycles. The van der Waals surface area contributed by atoms with Gasteiger partial charge in [-0.15, -0.1) is 4.40 Å². The van der Waals surface area contributed by atoms with Crippen LogP contribution in [0, 0.1) is 0 Å². The second-order valence-corrected chi connectivity index (χ2v) is 7.07. The summed E-state index contributed by atoms with van der Waals surface area (Å²) in [5.74, 6) is -0.120. The van der Waals surface area contributed by atoms with Gasteiger partial charge in [-0.2, -0.15) is 0 Å². The molecule has 118 valence electrons. The fourth-order valence-corrected chi connectivity index (χ4v) is 3.50. The molecule has 0 radical (unpaired) electrons. The second kappa shape index (κ2) is 6.05. The van der Waals surface area contributed by atoms with Crippen LogP contribution in [-0.4, -0.2) is 57.0 Å². The van der Waals surface area contributed by atoms with E-state index < -0.39 is 10.0 Å². The maximum absolute atomic E-state index is 12.3. The topological polar surface area (TPSA) is 90.9 Å². The maximum Gasteiger partial charge on any atom is 0.256 e. The average molecular weight is 322 g/mol. The molecule has 0 fully saturated rings. The molecule has 3 rings (SSSR count). The van der Waals surface area contributed by atoms with E-state index in [0.717, 1.165) is 19.5 Å². The molecular formula is C14H18N4O3S. The van der Waals surface area contributed by atoms with E-state index >= 15 is 0 Å². The molecule has 0 aromatic carbocycles. The highest BCUT2D eigenvalue weighted by Crippen LogP contribution is 2.17. The molecule has 0 bridgehead atoms. The van der Waals surface area contributed by atoms with Crippen molar-refractivity contribution in [2.45, 2.75) is 6.42 Å². The molecule has 0 saturated heterocycles. The maximum atomic E-state index is 12.3. The van der Waals surface area contributed by atoms with Gasteiger partial charge < -0.3 is 15.5 Å². The molecule has 0 unspecified atom stereocenters. The van der Waals surface area contributed by atoms with E-state index in [9.17, 15) is 13.2 Å². The van der Waals surface area contributed by atoms with Gasteiger partial charge in [-0.05, 0) is 25.1 Å². The minimum Gasteiger partial charge on any atom is -0.348 e. The van der Waals surface area contributed by atoms with Crippen molar-refractivity contribution in [2.75, 3.05) is 31.9 Å². The van der Waals surface area contributed by atoms with Crippen LogP contribution in [0.3, 0.4) is 0 Å². The summed E-state index contributed by atoms with van der Waals surface area (Å²) in [5.41, 5.74) is 1.47. The van der Waals surface area contributed by atoms with Gasteiger partial charge in [0.15, 0.2) is 5.84 Å². The van der Waals surface area contributed by atoms with E-state index in [1.54, 1.807) is 23.3 Å². The molecule has 7 nitrogen and oxygen atoms in total. The van der Waals surface area contributed by atoms with Gasteiger partial charge >= 0.3 is 0 Å². The minimum absolute atomic E-state index is 0.0321. The number of carbonyl (C=O) groups is 1. The van der Waals surface area contributed by atoms with Crippen molar-refractivity contribution in [2.24, 2.45) is 4.40 Å². The number of amidine groups is 1. The van der Waals surface area contributed by atoms with Crippen molar-refractivity contribution in [1.29, 1.82) is 0 Å². The molecule has 0 aromatic heterocycles. The number of hydrogen-bond acceptors (Lipinski definition) is 5. The van der Waals surface area contributed by atoms with Gasteiger partial charge in [0.1, 0.15) is 0 Å². The van der Waals surface area contributed by atoms with Crippen LogP contribution in [0.1, 0.15) is 6.42 Å². The SMILES string of the molecule is O=C(NCC1=CCNCC1)C1=CC=CN2CCS(=O)(=O)N=C12. The normalized spacial score (nSPS) is 23.1. The monoisotopic (exact) mass is 322 g/mol. The van der Waals surface area contributed by atoms with E-state index in [-0.39, 0.29) is 17.5 Å². The van der Waals surface area contributed by atoms with Crippen LogP contribution in [0.4, 0.5) is 0 Å². The average Bonchev–Trinajstić information content (AvgIpc) is 2.52. The molecule has 0 aliphatic carbocycles. The van der Waals surface area contributed by atoms with Gasteiger partial charge in [-0.25, -0.2) is 8.42 Å². The molecule has 22 heavy (non-hydrogen) atoms. The summed E-state index contributed by atoms with van der Waals surface area (Å²) in [7, 11) is -3.48. The Morgan fingerprint density at radius 2 is 2.32 bits per heavy atom. The first-order valence-electron chi connectivity index (χ1n) is 7.20. The number of sulfonamides is 1. The molecule has 0 spiro atoms. The molecular weight excluding hydrogens is 304 g/mol. The number of rotatable bonds is 3. The van der Waals surface area contributed by atoms with Crippen molar-refractivity contribution >= 4 is 21.8 Å². The molecule has 0 saturated carbocycles. The summed E-state index contributed by atoms with van der Waals surface area (Å²) >= 11 is 0. The first kappa shape index (κ1) is 15.0. The van der Waals surface area contributed by atoms with Crippen molar-refractivity contribution in [3.63, 3.8) is 0 Å². The molecule has 0 atom stereocenters. The summed E-state index contributed by atoms with van der Waals surface area (Å²) in [5, 5.41) is 6.05. The fraction of sp³-hybridized carbons (Fsp3) is 0.429. The Kier molecular flexibility index (Phi) is 4.12. The highest BCUT2D eigenvalue weighted by atomic mass is 32.2. The summed E-state index contributed by atoms with van der Waals surface area (Å²) < 4.78 is 27.1. The van der Waals surface area contributed by atoms with Crippen LogP contribution in [0.25, 0.3) is 0 Å². The summed E-state index contributed by atoms with van der Waals surface area (Å²) in [6, 6.07) is 0. The zero-order valence-corrected chi connectivity index (χ0v) is 12.9. The first-order chi connectivity index (χ1) is 10.6. The van der Waals surface area contributed by atoms with Crippen molar-refractivity contribution in [3.05, 3.63) is 35.6 Å². The van der Waals surface area contributed by atoms with Gasteiger partial charge in [0.25, 0.3) is 15.9 Å². The largest absolute Gasteiger partial charge is 0.348 e. The number of allylic oxidation sites excluding steroid dienone is 2. The third kappa shape index (κ3) is 3.28. The molecule has 2 N–H and O–H groups in total. The molecule has 3 aliphatic heterocycles. The smallest absolute Gasteiger partial charge is 0.256 e. The van der Waals surface area contributed by atoms with Crippen molar-refractivity contribution in [1.82, 2.24) is 15.5 Å². The lowest BCUT2D eigenvalue weighted by molar-refractivity contribution is -0.116. The van der Waals surface area contributed by atoms with Gasteiger partial charge in [0, 0.05) is 25.8 Å². The van der Waals surface area contributed by atoms with Crippen LogP contribution >= 0.6 is 0 Å². The third-order valence-electron chi connectivity index (χ3n) is 3.74. The van der Waals surface area contributed by atoms with Crippen molar-refractivity contribution < 1.29 is 13.2 Å². The van der Waals surface area contributed by atoms with Gasteiger partial charge in [-0.1, -0.05) is 11.6 Å². The van der Waals surface area contributed by atoms with Crippen LogP contribution < -0.4 is 10.6 Å². The zero-order valence-electron chi connectivity index (χ0n) is 12.1. The highest BCUT2D eigenvalue weighted by Gasteiger charge is 2.29. The van der Waals surface area contributed by atoms with E-state index in [2.05, 4.69) is 21.1 Å². The first-order valence-corrected chi connectivity index (χ1v) is 8.81. The minimum atomic E-state index is -3.48. The Morgan fingerprint density at radius 3 is 3.09 bits per heavy atom. The van der Waals surface area contributed by atoms with E-state index in [1.807, 2.05) is 0 Å². The standard InChI is InChI=1S/C14H18N4O3S/c19-14(16-10-11-3-5-15-6-4-11)12-2-1-7-18-8-9-22(20,21)17-13(12)18/h1-3,7,15H,4-6,8-10H2,(H,16,19). The number of fused-ring (bicyclic) bond motifs is 1. The predicted octanol–water partition coefficient (Wildman–Crippen LogP) is -0.480. The number of carbonyl (C=O) groups excluding carboxylic acids is 1. The fourth-order valence-electron chi connectivity index (χ4n) is 2.51. The third-order valence-corrected chi connectivity index (χ3v) is 4.89. The Morgan fingerprint density at radius 1 is 1.45 bits per heavy atom. The predicted molar refractivity (Wildman–Crippen MR) is 83.7 cm³/mol. The lowest BCUT2D eigenvalue weighted by Crippen LogP contribution is -2.42. The van der Waals surface area contributed by atoms with Crippen LogP contribution in [0.2, 0.25) is 0 Å². The molecule has 8 heteroatoms. The lowest BCUT2D eigenvalue weighted by atomic mass is 10.1. The van der Waals surface area contributed by atoms with Gasteiger partial charge in [0.2, 0.25) is 0 Å². The Balaban J connectivity index is 1.73. The van der Waals surface area contributed by atoms with Gasteiger partial charge in [-0.3, -0.25) is 4.79 Å². The Labute approximate surface area is 129 Å². The van der Waals surface area contributed by atoms with E-state index in [4.69, 9.17) is 0 Å². The number of nitrogens with one attached hydrogen (secondary N) is 2. The number of hydrogen-bond donors (Lipinski definition) is 2. The number of amides is 1. The molecule has 0 aromatic rings. The zero-order chi connectivity index (χ0) is 15.6. The van der Waals surface area contributed by atoms with E-state index in [1.165, 1.54) is 5.57 Å². The summed E-state index contributed by atoms with van der Waals surface area (Å²) in [4.78, 5) is 14.0. The van der Waals surface area contributed by atoms with Crippen molar-refractivity contribution in [3.8, 4) is 0 Å². The Hall–Kier alpha value is -1.93. The van der Waals surface area contributed by atoms with Crippen LogP contribution in [0.15, 0.2) is 40.0 Å². The number of nitrogens with zero attached hydrogens (tertiary/aromatic N) is 2.